The topological polar surface area (TPSA) is 43.4 Å². The van der Waals surface area contributed by atoms with Crippen LogP contribution < -0.4 is 0 Å². The number of carbonyl (C=O) groups is 1. The molecule has 1 saturated heterocycles. The molecule has 2 aliphatic rings. The first-order valence-corrected chi connectivity index (χ1v) is 7.30. The molecule has 0 unspecified atom stereocenters. The number of allylic oxidation sites excluding steroid dienone is 1. The first-order chi connectivity index (χ1) is 7.13. The Morgan fingerprint density at radius 1 is 1.67 bits per heavy atom. The minimum absolute atomic E-state index is 0.0654. The predicted molar refractivity (Wildman–Crippen MR) is 62.1 cm³/mol. The third kappa shape index (κ3) is 2.13. The normalized spacial score (nSPS) is 41.3. The second-order valence-corrected chi connectivity index (χ2v) is 7.62. The van der Waals surface area contributed by atoms with Gasteiger partial charge in [-0.05, 0) is 19.1 Å². The van der Waals surface area contributed by atoms with E-state index in [9.17, 15) is 9.00 Å². The molecule has 3 nitrogen and oxygen atoms in total. The molecule has 0 aliphatic carbocycles. The van der Waals surface area contributed by atoms with E-state index in [-0.39, 0.29) is 11.9 Å². The Balaban J connectivity index is 2.17. The summed E-state index contributed by atoms with van der Waals surface area (Å²) >= 11 is 1.67. The molecule has 0 radical (unpaired) electrons. The largest absolute Gasteiger partial charge is 0.495 e. The predicted octanol–water partition coefficient (Wildman–Crippen LogP) is 1.46. The molecule has 0 aromatic heterocycles. The van der Waals surface area contributed by atoms with Crippen molar-refractivity contribution in [2.45, 2.75) is 29.9 Å². The molecule has 2 rings (SSSR count). The van der Waals surface area contributed by atoms with Crippen LogP contribution in [0.3, 0.4) is 0 Å². The summed E-state index contributed by atoms with van der Waals surface area (Å²) in [5.41, 5.74) is 0. The van der Waals surface area contributed by atoms with Crippen LogP contribution in [0.2, 0.25) is 0 Å². The highest BCUT2D eigenvalue weighted by molar-refractivity contribution is 8.13. The molecule has 0 N–H and O–H groups in total. The number of carbonyl (C=O) groups excluding carboxylic acids is 1. The van der Waals surface area contributed by atoms with Gasteiger partial charge in [-0.1, -0.05) is 0 Å². The van der Waals surface area contributed by atoms with Crippen molar-refractivity contribution < 1.29 is 13.7 Å². The third-order valence-corrected chi connectivity index (χ3v) is 6.85. The lowest BCUT2D eigenvalue weighted by Crippen LogP contribution is -2.46. The van der Waals surface area contributed by atoms with Crippen LogP contribution in [0, 0.1) is 0 Å². The van der Waals surface area contributed by atoms with Gasteiger partial charge in [-0.3, -0.25) is 9.00 Å². The fourth-order valence-electron chi connectivity index (χ4n) is 1.79. The summed E-state index contributed by atoms with van der Waals surface area (Å²) in [5.74, 6) is 1.79. The van der Waals surface area contributed by atoms with E-state index in [2.05, 4.69) is 0 Å². The SMILES string of the molecule is C[C@@]1([C@@H]2CC(=O)C=CO2)SCCC[S@@]1=O. The summed E-state index contributed by atoms with van der Waals surface area (Å²) in [4.78, 5) is 11.3. The monoisotopic (exact) mass is 246 g/mol. The smallest absolute Gasteiger partial charge is 0.162 e. The minimum Gasteiger partial charge on any atom is -0.495 e. The summed E-state index contributed by atoms with van der Waals surface area (Å²) in [6.45, 7) is 1.95. The lowest BCUT2D eigenvalue weighted by Gasteiger charge is -2.38. The third-order valence-electron chi connectivity index (χ3n) is 2.78. The van der Waals surface area contributed by atoms with Gasteiger partial charge in [0.2, 0.25) is 0 Å². The van der Waals surface area contributed by atoms with Crippen molar-refractivity contribution in [1.82, 2.24) is 0 Å². The molecule has 2 aliphatic heterocycles. The van der Waals surface area contributed by atoms with Crippen LogP contribution in [-0.4, -0.2) is 31.7 Å². The maximum absolute atomic E-state index is 12.0. The van der Waals surface area contributed by atoms with E-state index in [1.807, 2.05) is 6.92 Å². The maximum atomic E-state index is 12.0. The van der Waals surface area contributed by atoms with Crippen molar-refractivity contribution in [3.05, 3.63) is 12.3 Å². The van der Waals surface area contributed by atoms with E-state index in [0.717, 1.165) is 17.9 Å². The Labute approximate surface area is 96.1 Å². The Kier molecular flexibility index (Phi) is 3.21. The zero-order chi connectivity index (χ0) is 10.9. The fourth-order valence-corrected chi connectivity index (χ4v) is 5.26. The quantitative estimate of drug-likeness (QED) is 0.702. The van der Waals surface area contributed by atoms with E-state index in [1.54, 1.807) is 11.8 Å². The van der Waals surface area contributed by atoms with E-state index < -0.39 is 14.9 Å². The number of hydrogen-bond acceptors (Lipinski definition) is 4. The van der Waals surface area contributed by atoms with Crippen molar-refractivity contribution >= 4 is 28.3 Å². The summed E-state index contributed by atoms with van der Waals surface area (Å²) in [6, 6.07) is 0. The van der Waals surface area contributed by atoms with Gasteiger partial charge in [0.1, 0.15) is 10.2 Å². The molecular formula is C10H14O3S2. The average molecular weight is 246 g/mol. The van der Waals surface area contributed by atoms with Crippen LogP contribution in [0.1, 0.15) is 19.8 Å². The number of ketones is 1. The molecule has 1 fully saturated rings. The van der Waals surface area contributed by atoms with E-state index in [1.165, 1.54) is 12.3 Å². The van der Waals surface area contributed by atoms with E-state index in [4.69, 9.17) is 4.74 Å². The first-order valence-electron chi connectivity index (χ1n) is 5.00. The molecule has 2 heterocycles. The fraction of sp³-hybridized carbons (Fsp3) is 0.700. The van der Waals surface area contributed by atoms with Crippen LogP contribution in [-0.2, 0) is 20.3 Å². The highest BCUT2D eigenvalue weighted by atomic mass is 32.2. The molecule has 0 spiro atoms. The van der Waals surface area contributed by atoms with Gasteiger partial charge >= 0.3 is 0 Å². The standard InChI is InChI=1S/C10H14O3S2/c1-10(14-5-2-6-15(10)12)9-7-8(11)3-4-13-9/h3-4,9H,2,5-7H2,1H3/t9-,10+,15-/m0/s1. The Bertz CT molecular complexity index is 327. The zero-order valence-electron chi connectivity index (χ0n) is 8.60. The summed E-state index contributed by atoms with van der Waals surface area (Å²) in [6.07, 6.45) is 3.99. The highest BCUT2D eigenvalue weighted by Crippen LogP contribution is 2.40. The van der Waals surface area contributed by atoms with Gasteiger partial charge in [0, 0.05) is 29.0 Å². The highest BCUT2D eigenvalue weighted by Gasteiger charge is 2.45. The maximum Gasteiger partial charge on any atom is 0.162 e. The molecule has 0 aromatic rings. The summed E-state index contributed by atoms with van der Waals surface area (Å²) in [7, 11) is -0.904. The Morgan fingerprint density at radius 3 is 3.13 bits per heavy atom. The molecular weight excluding hydrogens is 232 g/mol. The van der Waals surface area contributed by atoms with Gasteiger partial charge in [-0.25, -0.2) is 0 Å². The van der Waals surface area contributed by atoms with E-state index >= 15 is 0 Å². The molecule has 15 heavy (non-hydrogen) atoms. The summed E-state index contributed by atoms with van der Waals surface area (Å²) in [5, 5.41) is 0. The van der Waals surface area contributed by atoms with Gasteiger partial charge in [0.05, 0.1) is 6.26 Å². The van der Waals surface area contributed by atoms with Crippen molar-refractivity contribution in [2.24, 2.45) is 0 Å². The number of thioether (sulfide) groups is 1. The second-order valence-electron chi connectivity index (χ2n) is 3.87. The van der Waals surface area contributed by atoms with Crippen molar-refractivity contribution in [3.63, 3.8) is 0 Å². The van der Waals surface area contributed by atoms with Crippen LogP contribution in [0.4, 0.5) is 0 Å². The molecule has 0 saturated carbocycles. The lowest BCUT2D eigenvalue weighted by molar-refractivity contribution is -0.118. The van der Waals surface area contributed by atoms with Crippen molar-refractivity contribution in [2.75, 3.05) is 11.5 Å². The van der Waals surface area contributed by atoms with Crippen molar-refractivity contribution in [1.29, 1.82) is 0 Å². The summed E-state index contributed by atoms with van der Waals surface area (Å²) < 4.78 is 17.0. The molecule has 3 atom stereocenters. The van der Waals surface area contributed by atoms with Crippen LogP contribution in [0.5, 0.6) is 0 Å². The van der Waals surface area contributed by atoms with Gasteiger partial charge in [0.15, 0.2) is 5.78 Å². The van der Waals surface area contributed by atoms with Crippen LogP contribution in [0.15, 0.2) is 12.3 Å². The zero-order valence-corrected chi connectivity index (χ0v) is 10.2. The molecule has 0 amide bonds. The molecule has 0 bridgehead atoms. The molecule has 0 aromatic carbocycles. The first kappa shape index (κ1) is 11.2. The Morgan fingerprint density at radius 2 is 2.47 bits per heavy atom. The Hall–Kier alpha value is -0.290. The van der Waals surface area contributed by atoms with Gasteiger partial charge in [0.25, 0.3) is 0 Å². The van der Waals surface area contributed by atoms with Gasteiger partial charge in [-0.15, -0.1) is 11.8 Å². The van der Waals surface area contributed by atoms with Crippen molar-refractivity contribution in [3.8, 4) is 0 Å². The van der Waals surface area contributed by atoms with Crippen LogP contribution in [0.25, 0.3) is 0 Å². The second kappa shape index (κ2) is 4.29. The van der Waals surface area contributed by atoms with Gasteiger partial charge in [-0.2, -0.15) is 0 Å². The van der Waals surface area contributed by atoms with Gasteiger partial charge < -0.3 is 4.74 Å². The molecule has 84 valence electrons. The molecule has 5 heteroatoms. The van der Waals surface area contributed by atoms with Crippen LogP contribution >= 0.6 is 11.8 Å². The minimum atomic E-state index is -0.904. The number of ether oxygens (including phenoxy) is 1. The lowest BCUT2D eigenvalue weighted by atomic mass is 10.1. The number of hydrogen-bond donors (Lipinski definition) is 0. The van der Waals surface area contributed by atoms with E-state index in [0.29, 0.717) is 6.42 Å². The number of rotatable bonds is 1. The average Bonchev–Trinajstić information content (AvgIpc) is 2.23.